The van der Waals surface area contributed by atoms with Crippen molar-refractivity contribution in [3.8, 4) is 0 Å². The molecule has 0 aliphatic carbocycles. The molecule has 0 aromatic carbocycles. The Labute approximate surface area is 169 Å². The summed E-state index contributed by atoms with van der Waals surface area (Å²) in [4.78, 5) is 36.9. The first-order chi connectivity index (χ1) is 14.1. The van der Waals surface area contributed by atoms with E-state index in [1.54, 1.807) is 0 Å². The zero-order chi connectivity index (χ0) is 22.2. The summed E-state index contributed by atoms with van der Waals surface area (Å²) in [6, 6.07) is -2.42. The third kappa shape index (κ3) is 3.44. The molecule has 2 aromatic heterocycles. The van der Waals surface area contributed by atoms with Crippen LogP contribution in [0.2, 0.25) is 0 Å². The van der Waals surface area contributed by atoms with Crippen LogP contribution in [0.3, 0.4) is 0 Å². The number of hydrogen-bond donors (Lipinski definition) is 6. The fourth-order valence-electron chi connectivity index (χ4n) is 3.19. The van der Waals surface area contributed by atoms with Crippen molar-refractivity contribution in [2.45, 2.75) is 37.0 Å². The third-order valence-electron chi connectivity index (χ3n) is 4.93. The number of carbonyl (C=O) groups is 2. The summed E-state index contributed by atoms with van der Waals surface area (Å²) in [7, 11) is 1.31. The summed E-state index contributed by atoms with van der Waals surface area (Å²) in [6.07, 6.45) is -1.74. The van der Waals surface area contributed by atoms with E-state index in [2.05, 4.69) is 20.3 Å². The molecule has 6 N–H and O–H groups in total. The molecule has 0 radical (unpaired) electrons. The van der Waals surface area contributed by atoms with Gasteiger partial charge in [0.2, 0.25) is 0 Å². The monoisotopic (exact) mass is 426 g/mol. The van der Waals surface area contributed by atoms with Crippen molar-refractivity contribution in [3.05, 3.63) is 12.7 Å². The van der Waals surface area contributed by atoms with Gasteiger partial charge in [-0.05, 0) is 6.92 Å². The van der Waals surface area contributed by atoms with Gasteiger partial charge >= 0.3 is 12.0 Å². The van der Waals surface area contributed by atoms with Crippen LogP contribution < -0.4 is 10.2 Å². The average Bonchev–Trinajstić information content (AvgIpc) is 3.27. The number of aliphatic hydroxyl groups is 4. The lowest BCUT2D eigenvalue weighted by Crippen LogP contribution is -2.51. The standard InChI is InChI=1S/C16H22N6O8/c1-7(24)9(14(27)28)20-15(29)21(2)12-10-13(18-5-17-12)22(6-19-10)16(4-23)11(26)8(25)3-30-16/h5-9,11,23-26H,3-4H2,1-2H3,(H,20,29)(H,27,28)/t7-,8+,9+,11+,16+/m1/s1. The molecular formula is C16H22N6O8. The predicted molar refractivity (Wildman–Crippen MR) is 98.4 cm³/mol. The number of fused-ring (bicyclic) bond motifs is 1. The van der Waals surface area contributed by atoms with Crippen molar-refractivity contribution in [1.29, 1.82) is 0 Å². The molecule has 2 amide bonds. The number of aliphatic hydroxyl groups excluding tert-OH is 4. The number of aromatic nitrogens is 4. The van der Waals surface area contributed by atoms with Crippen molar-refractivity contribution in [3.63, 3.8) is 0 Å². The lowest BCUT2D eigenvalue weighted by atomic mass is 10.1. The second-order valence-electron chi connectivity index (χ2n) is 6.88. The number of urea groups is 1. The van der Waals surface area contributed by atoms with Crippen LogP contribution in [0.4, 0.5) is 10.6 Å². The van der Waals surface area contributed by atoms with E-state index >= 15 is 0 Å². The molecular weight excluding hydrogens is 404 g/mol. The second-order valence-corrected chi connectivity index (χ2v) is 6.88. The minimum Gasteiger partial charge on any atom is -0.480 e. The number of imidazole rings is 1. The van der Waals surface area contributed by atoms with Crippen molar-refractivity contribution >= 4 is 29.0 Å². The Kier molecular flexibility index (Phi) is 5.87. The van der Waals surface area contributed by atoms with Gasteiger partial charge in [0, 0.05) is 7.05 Å². The van der Waals surface area contributed by atoms with Gasteiger partial charge in [-0.25, -0.2) is 24.5 Å². The minimum atomic E-state index is -1.73. The Bertz CT molecular complexity index is 951. The molecule has 1 fully saturated rings. The Morgan fingerprint density at radius 2 is 2.10 bits per heavy atom. The highest BCUT2D eigenvalue weighted by molar-refractivity contribution is 5.99. The number of nitrogens with zero attached hydrogens (tertiary/aromatic N) is 5. The fourth-order valence-corrected chi connectivity index (χ4v) is 3.19. The van der Waals surface area contributed by atoms with Crippen LogP contribution in [0.25, 0.3) is 11.2 Å². The molecule has 2 aromatic rings. The molecule has 14 nitrogen and oxygen atoms in total. The highest BCUT2D eigenvalue weighted by Gasteiger charge is 2.51. The van der Waals surface area contributed by atoms with Crippen LogP contribution in [0, 0.1) is 0 Å². The van der Waals surface area contributed by atoms with Gasteiger partial charge in [0.05, 0.1) is 25.6 Å². The van der Waals surface area contributed by atoms with Crippen molar-refractivity contribution < 1.29 is 39.9 Å². The van der Waals surface area contributed by atoms with Crippen LogP contribution in [-0.4, -0.2) is 102 Å². The first kappa shape index (κ1) is 21.8. The summed E-state index contributed by atoms with van der Waals surface area (Å²) < 4.78 is 6.68. The molecule has 3 rings (SSSR count). The van der Waals surface area contributed by atoms with Crippen molar-refractivity contribution in [2.24, 2.45) is 0 Å². The van der Waals surface area contributed by atoms with E-state index in [4.69, 9.17) is 9.84 Å². The molecule has 5 atom stereocenters. The number of carboxylic acid groups (broad SMARTS) is 1. The fraction of sp³-hybridized carbons (Fsp3) is 0.562. The Balaban J connectivity index is 1.98. The summed E-state index contributed by atoms with van der Waals surface area (Å²) in [5.74, 6) is -1.42. The predicted octanol–water partition coefficient (Wildman–Crippen LogP) is -2.80. The molecule has 0 saturated carbocycles. The number of anilines is 1. The smallest absolute Gasteiger partial charge is 0.328 e. The van der Waals surface area contributed by atoms with Gasteiger partial charge in [0.15, 0.2) is 28.7 Å². The normalized spacial score (nSPS) is 25.8. The first-order valence-corrected chi connectivity index (χ1v) is 8.88. The van der Waals surface area contributed by atoms with Gasteiger partial charge < -0.3 is 35.6 Å². The zero-order valence-corrected chi connectivity index (χ0v) is 16.1. The van der Waals surface area contributed by atoms with Gasteiger partial charge in [0.25, 0.3) is 0 Å². The Morgan fingerprint density at radius 3 is 2.63 bits per heavy atom. The summed E-state index contributed by atoms with van der Waals surface area (Å²) in [5.41, 5.74) is -1.56. The van der Waals surface area contributed by atoms with E-state index in [-0.39, 0.29) is 23.6 Å². The Hall–Kier alpha value is -2.91. The number of carbonyl (C=O) groups excluding carboxylic acids is 1. The molecule has 1 aliphatic rings. The van der Waals surface area contributed by atoms with Crippen molar-refractivity contribution in [1.82, 2.24) is 24.8 Å². The molecule has 1 saturated heterocycles. The van der Waals surface area contributed by atoms with Crippen LogP contribution in [-0.2, 0) is 15.3 Å². The van der Waals surface area contributed by atoms with Gasteiger partial charge in [-0.3, -0.25) is 9.47 Å². The van der Waals surface area contributed by atoms with Crippen LogP contribution in [0.1, 0.15) is 6.92 Å². The number of hydrogen-bond acceptors (Lipinski definition) is 10. The molecule has 0 unspecified atom stereocenters. The zero-order valence-electron chi connectivity index (χ0n) is 16.1. The number of carboxylic acids is 1. The molecule has 1 aliphatic heterocycles. The van der Waals surface area contributed by atoms with Gasteiger partial charge in [-0.15, -0.1) is 0 Å². The Morgan fingerprint density at radius 1 is 1.40 bits per heavy atom. The van der Waals surface area contributed by atoms with E-state index in [0.29, 0.717) is 0 Å². The van der Waals surface area contributed by atoms with E-state index in [0.717, 1.165) is 11.2 Å². The third-order valence-corrected chi connectivity index (χ3v) is 4.93. The minimum absolute atomic E-state index is 0.00731. The van der Waals surface area contributed by atoms with E-state index in [9.17, 15) is 30.0 Å². The largest absolute Gasteiger partial charge is 0.480 e. The molecule has 0 spiro atoms. The summed E-state index contributed by atoms with van der Waals surface area (Å²) in [6.45, 7) is 0.303. The maximum Gasteiger partial charge on any atom is 0.328 e. The summed E-state index contributed by atoms with van der Waals surface area (Å²) >= 11 is 0. The summed E-state index contributed by atoms with van der Waals surface area (Å²) in [5, 5.41) is 50.9. The highest BCUT2D eigenvalue weighted by Crippen LogP contribution is 2.34. The SMILES string of the molecule is C[C@@H](O)[C@H](NC(=O)N(C)c1ncnc2c1ncn2[C@@]1(CO)OC[C@H](O)[C@@H]1O)C(=O)O. The molecule has 0 bridgehead atoms. The molecule has 3 heterocycles. The van der Waals surface area contributed by atoms with Gasteiger partial charge in [-0.2, -0.15) is 0 Å². The van der Waals surface area contributed by atoms with E-state index < -0.39 is 48.7 Å². The number of rotatable bonds is 6. The highest BCUT2D eigenvalue weighted by atomic mass is 16.6. The molecule has 14 heteroatoms. The van der Waals surface area contributed by atoms with Crippen LogP contribution in [0.15, 0.2) is 12.7 Å². The number of nitrogens with one attached hydrogen (secondary N) is 1. The van der Waals surface area contributed by atoms with Crippen molar-refractivity contribution in [2.75, 3.05) is 25.2 Å². The van der Waals surface area contributed by atoms with E-state index in [1.807, 2.05) is 0 Å². The average molecular weight is 426 g/mol. The molecule has 30 heavy (non-hydrogen) atoms. The maximum absolute atomic E-state index is 12.5. The number of ether oxygens (including phenoxy) is 1. The number of amides is 2. The van der Waals surface area contributed by atoms with Crippen LogP contribution >= 0.6 is 0 Å². The first-order valence-electron chi connectivity index (χ1n) is 8.88. The quantitative estimate of drug-likeness (QED) is 0.278. The maximum atomic E-state index is 12.5. The van der Waals surface area contributed by atoms with E-state index in [1.165, 1.54) is 24.9 Å². The van der Waals surface area contributed by atoms with Crippen LogP contribution in [0.5, 0.6) is 0 Å². The van der Waals surface area contributed by atoms with Gasteiger partial charge in [0.1, 0.15) is 18.5 Å². The molecule has 164 valence electrons. The topological polar surface area (TPSA) is 203 Å². The lowest BCUT2D eigenvalue weighted by molar-refractivity contribution is -0.149. The van der Waals surface area contributed by atoms with Gasteiger partial charge in [-0.1, -0.05) is 0 Å². The number of aliphatic carboxylic acids is 1. The second kappa shape index (κ2) is 8.08. The lowest BCUT2D eigenvalue weighted by Gasteiger charge is -2.31.